The molecule has 3 heterocycles. The van der Waals surface area contributed by atoms with Gasteiger partial charge in [-0.3, -0.25) is 14.7 Å². The molecule has 1 aromatic carbocycles. The molecule has 1 atom stereocenters. The van der Waals surface area contributed by atoms with E-state index in [0.29, 0.717) is 44.8 Å². The summed E-state index contributed by atoms with van der Waals surface area (Å²) < 4.78 is 0. The van der Waals surface area contributed by atoms with Crippen molar-refractivity contribution in [1.82, 2.24) is 30.2 Å². The predicted molar refractivity (Wildman–Crippen MR) is 142 cm³/mol. The minimum absolute atomic E-state index is 0.107. The van der Waals surface area contributed by atoms with Gasteiger partial charge in [-0.25, -0.2) is 4.79 Å². The number of anilines is 1. The van der Waals surface area contributed by atoms with E-state index in [2.05, 4.69) is 27.4 Å². The SMILES string of the molecule is C=CC(=O)N1CCC(C(=O)Nc2n[nH]c3c2CN(C(=O)NC(CN(C)C)c2ccccc2)C3(C)C)CC1. The first-order valence-corrected chi connectivity index (χ1v) is 12.7. The Labute approximate surface area is 218 Å². The van der Waals surface area contributed by atoms with Crippen molar-refractivity contribution < 1.29 is 14.4 Å². The lowest BCUT2D eigenvalue weighted by Gasteiger charge is -2.34. The second kappa shape index (κ2) is 10.8. The quantitative estimate of drug-likeness (QED) is 0.499. The number of fused-ring (bicyclic) bond motifs is 1. The monoisotopic (exact) mass is 507 g/mol. The van der Waals surface area contributed by atoms with Gasteiger partial charge in [0.1, 0.15) is 0 Å². The minimum atomic E-state index is -0.634. The van der Waals surface area contributed by atoms with Crippen molar-refractivity contribution in [2.45, 2.75) is 44.8 Å². The van der Waals surface area contributed by atoms with E-state index in [4.69, 9.17) is 0 Å². The summed E-state index contributed by atoms with van der Waals surface area (Å²) in [5.41, 5.74) is 2.03. The number of aromatic amines is 1. The van der Waals surface area contributed by atoms with Crippen LogP contribution < -0.4 is 10.6 Å². The van der Waals surface area contributed by atoms with E-state index in [1.807, 2.05) is 63.2 Å². The number of likely N-dealkylation sites (N-methyl/N-ethyl adjacent to an activating group) is 1. The molecule has 0 spiro atoms. The van der Waals surface area contributed by atoms with Crippen molar-refractivity contribution in [3.63, 3.8) is 0 Å². The van der Waals surface area contributed by atoms with Crippen molar-refractivity contribution in [3.05, 3.63) is 59.8 Å². The molecule has 4 rings (SSSR count). The Morgan fingerprint density at radius 2 is 1.89 bits per heavy atom. The maximum absolute atomic E-state index is 13.5. The Hall–Kier alpha value is -3.66. The van der Waals surface area contributed by atoms with Crippen LogP contribution in [0.3, 0.4) is 0 Å². The number of carbonyl (C=O) groups excluding carboxylic acids is 3. The number of hydrogen-bond acceptors (Lipinski definition) is 5. The molecule has 1 saturated heterocycles. The van der Waals surface area contributed by atoms with Crippen molar-refractivity contribution in [2.24, 2.45) is 5.92 Å². The normalized spacial score (nSPS) is 17.9. The molecule has 0 radical (unpaired) electrons. The number of nitrogens with one attached hydrogen (secondary N) is 3. The van der Waals surface area contributed by atoms with E-state index in [1.54, 1.807) is 9.80 Å². The summed E-state index contributed by atoms with van der Waals surface area (Å²) in [5, 5.41) is 13.6. The largest absolute Gasteiger partial charge is 0.339 e. The highest BCUT2D eigenvalue weighted by atomic mass is 16.2. The first-order chi connectivity index (χ1) is 17.6. The molecule has 2 aromatic rings. The molecule has 198 valence electrons. The highest BCUT2D eigenvalue weighted by Gasteiger charge is 2.44. The molecule has 2 aliphatic rings. The molecule has 1 unspecified atom stereocenters. The third-order valence-corrected chi connectivity index (χ3v) is 7.36. The smallest absolute Gasteiger partial charge is 0.319 e. The van der Waals surface area contributed by atoms with Gasteiger partial charge in [-0.05, 0) is 52.4 Å². The summed E-state index contributed by atoms with van der Waals surface area (Å²) in [6.45, 7) is 9.51. The van der Waals surface area contributed by atoms with E-state index < -0.39 is 5.54 Å². The van der Waals surface area contributed by atoms with Crippen LogP contribution in [-0.4, -0.2) is 76.5 Å². The third kappa shape index (κ3) is 5.53. The summed E-state index contributed by atoms with van der Waals surface area (Å²) in [7, 11) is 3.96. The fourth-order valence-electron chi connectivity index (χ4n) is 5.17. The molecule has 4 amide bonds. The van der Waals surface area contributed by atoms with Gasteiger partial charge in [-0.15, -0.1) is 0 Å². The molecule has 3 N–H and O–H groups in total. The fourth-order valence-corrected chi connectivity index (χ4v) is 5.17. The first kappa shape index (κ1) is 26.4. The maximum Gasteiger partial charge on any atom is 0.319 e. The number of nitrogens with zero attached hydrogens (tertiary/aromatic N) is 4. The molecule has 0 saturated carbocycles. The van der Waals surface area contributed by atoms with Gasteiger partial charge in [0.2, 0.25) is 11.8 Å². The van der Waals surface area contributed by atoms with Crippen LogP contribution in [0, 0.1) is 5.92 Å². The molecule has 10 heteroatoms. The Balaban J connectivity index is 1.44. The van der Waals surface area contributed by atoms with Crippen molar-refractivity contribution in [1.29, 1.82) is 0 Å². The number of carbonyl (C=O) groups is 3. The zero-order chi connectivity index (χ0) is 26.7. The average molecular weight is 508 g/mol. The molecule has 2 aliphatic heterocycles. The van der Waals surface area contributed by atoms with Crippen LogP contribution in [0.25, 0.3) is 0 Å². The number of rotatable bonds is 7. The second-order valence-electron chi connectivity index (χ2n) is 10.5. The van der Waals surface area contributed by atoms with Gasteiger partial charge < -0.3 is 25.3 Å². The second-order valence-corrected chi connectivity index (χ2v) is 10.5. The summed E-state index contributed by atoms with van der Waals surface area (Å²) in [6.07, 6.45) is 2.48. The number of hydrogen-bond donors (Lipinski definition) is 3. The number of H-pyrrole nitrogens is 1. The van der Waals surface area contributed by atoms with Gasteiger partial charge in [0.15, 0.2) is 5.82 Å². The number of amides is 4. The lowest BCUT2D eigenvalue weighted by molar-refractivity contribution is -0.130. The fraction of sp³-hybridized carbons (Fsp3) is 0.481. The van der Waals surface area contributed by atoms with Gasteiger partial charge in [-0.1, -0.05) is 36.9 Å². The topological polar surface area (TPSA) is 114 Å². The zero-order valence-corrected chi connectivity index (χ0v) is 22.1. The molecule has 10 nitrogen and oxygen atoms in total. The van der Waals surface area contributed by atoms with E-state index in [-0.39, 0.29) is 29.8 Å². The zero-order valence-electron chi connectivity index (χ0n) is 22.1. The molecular formula is C27H37N7O3. The van der Waals surface area contributed by atoms with Crippen LogP contribution >= 0.6 is 0 Å². The maximum atomic E-state index is 13.5. The number of urea groups is 1. The third-order valence-electron chi connectivity index (χ3n) is 7.36. The van der Waals surface area contributed by atoms with Crippen LogP contribution in [0.2, 0.25) is 0 Å². The number of piperidine rings is 1. The first-order valence-electron chi connectivity index (χ1n) is 12.7. The highest BCUT2D eigenvalue weighted by molar-refractivity contribution is 5.93. The molecule has 37 heavy (non-hydrogen) atoms. The lowest BCUT2D eigenvalue weighted by atomic mass is 9.95. The van der Waals surface area contributed by atoms with E-state index in [9.17, 15) is 14.4 Å². The Morgan fingerprint density at radius 3 is 2.51 bits per heavy atom. The molecule has 1 aromatic heterocycles. The summed E-state index contributed by atoms with van der Waals surface area (Å²) in [5.74, 6) is 0.0362. The summed E-state index contributed by atoms with van der Waals surface area (Å²) in [4.78, 5) is 43.9. The van der Waals surface area contributed by atoms with Gasteiger partial charge >= 0.3 is 6.03 Å². The van der Waals surface area contributed by atoms with Gasteiger partial charge in [0, 0.05) is 31.1 Å². The standard InChI is InChI=1S/C27H37N7O3/c1-6-22(35)33-14-12-19(13-15-33)25(36)29-24-20-16-34(27(2,3)23(20)30-31-24)26(37)28-21(17-32(4)5)18-10-8-7-9-11-18/h6-11,19,21H,1,12-17H2,2-5H3,(H,28,37)(H2,29,30,31,36). The van der Waals surface area contributed by atoms with Crippen molar-refractivity contribution in [3.8, 4) is 0 Å². The summed E-state index contributed by atoms with van der Waals surface area (Å²) >= 11 is 0. The Kier molecular flexibility index (Phi) is 7.68. The van der Waals surface area contributed by atoms with Crippen LogP contribution in [0.4, 0.5) is 10.6 Å². The molecule has 0 aliphatic carbocycles. The van der Waals surface area contributed by atoms with Gasteiger partial charge in [0.05, 0.1) is 23.8 Å². The van der Waals surface area contributed by atoms with E-state index in [1.165, 1.54) is 6.08 Å². The van der Waals surface area contributed by atoms with Gasteiger partial charge in [0.25, 0.3) is 0 Å². The Morgan fingerprint density at radius 1 is 1.22 bits per heavy atom. The number of aromatic nitrogens is 2. The predicted octanol–water partition coefficient (Wildman–Crippen LogP) is 2.84. The summed E-state index contributed by atoms with van der Waals surface area (Å²) in [6, 6.07) is 9.58. The van der Waals surface area contributed by atoms with Crippen LogP contribution in [0.15, 0.2) is 43.0 Å². The van der Waals surface area contributed by atoms with E-state index in [0.717, 1.165) is 16.8 Å². The number of benzene rings is 1. The molecule has 1 fully saturated rings. The van der Waals surface area contributed by atoms with Crippen LogP contribution in [-0.2, 0) is 21.7 Å². The Bertz CT molecular complexity index is 1150. The van der Waals surface area contributed by atoms with Gasteiger partial charge in [-0.2, -0.15) is 5.10 Å². The van der Waals surface area contributed by atoms with E-state index >= 15 is 0 Å². The molecule has 0 bridgehead atoms. The van der Waals surface area contributed by atoms with Crippen molar-refractivity contribution >= 4 is 23.7 Å². The van der Waals surface area contributed by atoms with Crippen LogP contribution in [0.1, 0.15) is 49.6 Å². The van der Waals surface area contributed by atoms with Crippen LogP contribution in [0.5, 0.6) is 0 Å². The lowest BCUT2D eigenvalue weighted by Crippen LogP contribution is -2.48. The minimum Gasteiger partial charge on any atom is -0.339 e. The molecular weight excluding hydrogens is 470 g/mol. The average Bonchev–Trinajstić information content (AvgIpc) is 3.41. The highest BCUT2D eigenvalue weighted by Crippen LogP contribution is 2.41. The number of likely N-dealkylation sites (tertiary alicyclic amines) is 1. The van der Waals surface area contributed by atoms with Crippen molar-refractivity contribution in [2.75, 3.05) is 39.0 Å².